The van der Waals surface area contributed by atoms with E-state index in [1.54, 1.807) is 6.08 Å². The van der Waals surface area contributed by atoms with Crippen molar-refractivity contribution in [3.05, 3.63) is 12.2 Å². The molecule has 2 aliphatic rings. The highest BCUT2D eigenvalue weighted by Crippen LogP contribution is 2.30. The molecule has 0 saturated carbocycles. The molecule has 9 N–H and O–H groups in total. The normalized spacial score (nSPS) is 28.0. The zero-order chi connectivity index (χ0) is 44.7. The quantitative estimate of drug-likeness (QED) is 0.0274. The van der Waals surface area contributed by atoms with Gasteiger partial charge in [-0.3, -0.25) is 4.79 Å². The highest BCUT2D eigenvalue weighted by atomic mass is 16.7. The Morgan fingerprint density at radius 1 is 0.574 bits per heavy atom. The van der Waals surface area contributed by atoms with Crippen molar-refractivity contribution >= 4 is 5.91 Å². The van der Waals surface area contributed by atoms with Crippen molar-refractivity contribution in [2.24, 2.45) is 0 Å². The summed E-state index contributed by atoms with van der Waals surface area (Å²) in [7, 11) is 0. The smallest absolute Gasteiger partial charge is 0.220 e. The summed E-state index contributed by atoms with van der Waals surface area (Å²) < 4.78 is 22.6. The summed E-state index contributed by atoms with van der Waals surface area (Å²) in [6.07, 6.45) is 18.5. The second kappa shape index (κ2) is 35.0. The Labute approximate surface area is 367 Å². The van der Waals surface area contributed by atoms with Crippen molar-refractivity contribution in [1.29, 1.82) is 0 Å². The fourth-order valence-electron chi connectivity index (χ4n) is 8.17. The van der Waals surface area contributed by atoms with E-state index in [1.165, 1.54) is 122 Å². The summed E-state index contributed by atoms with van der Waals surface area (Å²) in [4.78, 5) is 13.0. The molecule has 61 heavy (non-hydrogen) atoms. The molecule has 14 heteroatoms. The average molecular weight is 876 g/mol. The van der Waals surface area contributed by atoms with Crippen molar-refractivity contribution in [2.45, 2.75) is 261 Å². The van der Waals surface area contributed by atoms with E-state index in [0.717, 1.165) is 38.5 Å². The van der Waals surface area contributed by atoms with Crippen molar-refractivity contribution in [3.8, 4) is 0 Å². The number of rotatable bonds is 37. The third-order valence-corrected chi connectivity index (χ3v) is 12.2. The zero-order valence-electron chi connectivity index (χ0n) is 37.9. The van der Waals surface area contributed by atoms with E-state index in [-0.39, 0.29) is 18.9 Å². The number of ether oxygens (including phenoxy) is 4. The van der Waals surface area contributed by atoms with Gasteiger partial charge in [0.15, 0.2) is 12.6 Å². The molecule has 0 aromatic heterocycles. The molecule has 2 aliphatic heterocycles. The number of carbonyl (C=O) groups excluding carboxylic acids is 1. The van der Waals surface area contributed by atoms with Crippen LogP contribution in [0, 0.1) is 0 Å². The Kier molecular flexibility index (Phi) is 32.1. The maximum atomic E-state index is 13.0. The predicted octanol–water partition coefficient (Wildman–Crippen LogP) is 5.60. The van der Waals surface area contributed by atoms with Gasteiger partial charge in [0.05, 0.1) is 32.0 Å². The highest BCUT2D eigenvalue weighted by molar-refractivity contribution is 5.76. The highest BCUT2D eigenvalue weighted by Gasteiger charge is 2.51. The Hall–Kier alpha value is -1.27. The van der Waals surface area contributed by atoms with Gasteiger partial charge in [0, 0.05) is 6.42 Å². The number of hydrogen-bond acceptors (Lipinski definition) is 13. The number of carbonyl (C=O) groups is 1. The SMILES string of the molecule is CCCCCCCCCCCCCCCCCCC/C=C/C(O)C(COC1OC(CO)C(OC2OC(CO)C(O)C(O)C2O)C(O)C1O)NC(=O)CCCCCCCCCC. The Balaban J connectivity index is 1.83. The average Bonchev–Trinajstić information content (AvgIpc) is 3.26. The van der Waals surface area contributed by atoms with E-state index in [4.69, 9.17) is 18.9 Å². The Bertz CT molecular complexity index is 1080. The van der Waals surface area contributed by atoms with E-state index >= 15 is 0 Å². The van der Waals surface area contributed by atoms with E-state index in [0.29, 0.717) is 6.42 Å². The van der Waals surface area contributed by atoms with E-state index in [1.807, 2.05) is 6.08 Å². The van der Waals surface area contributed by atoms with Gasteiger partial charge in [-0.2, -0.15) is 0 Å². The van der Waals surface area contributed by atoms with Gasteiger partial charge in [0.25, 0.3) is 0 Å². The minimum atomic E-state index is -1.78. The number of aliphatic hydroxyl groups excluding tert-OH is 8. The van der Waals surface area contributed by atoms with Crippen LogP contribution in [0.5, 0.6) is 0 Å². The summed E-state index contributed by atoms with van der Waals surface area (Å²) in [5.74, 6) is -0.244. The molecule has 0 aromatic carbocycles. The summed E-state index contributed by atoms with van der Waals surface area (Å²) in [6.45, 7) is 2.74. The van der Waals surface area contributed by atoms with Crippen LogP contribution in [0.2, 0.25) is 0 Å². The van der Waals surface area contributed by atoms with Gasteiger partial charge >= 0.3 is 0 Å². The van der Waals surface area contributed by atoms with Gasteiger partial charge in [0.2, 0.25) is 5.91 Å². The topological polar surface area (TPSA) is 228 Å². The van der Waals surface area contributed by atoms with Crippen molar-refractivity contribution in [3.63, 3.8) is 0 Å². The number of unbranched alkanes of at least 4 members (excludes halogenated alkanes) is 24. The number of allylic oxidation sites excluding steroid dienone is 1. The lowest BCUT2D eigenvalue weighted by atomic mass is 9.97. The molecule has 360 valence electrons. The van der Waals surface area contributed by atoms with Crippen LogP contribution in [0.25, 0.3) is 0 Å². The van der Waals surface area contributed by atoms with Crippen LogP contribution in [-0.4, -0.2) is 140 Å². The summed E-state index contributed by atoms with van der Waals surface area (Å²) in [6, 6.07) is -0.906. The first kappa shape index (κ1) is 55.9. The lowest BCUT2D eigenvalue weighted by molar-refractivity contribution is -0.359. The summed E-state index contributed by atoms with van der Waals surface area (Å²) >= 11 is 0. The first-order valence-corrected chi connectivity index (χ1v) is 24.4. The second-order valence-electron chi connectivity index (χ2n) is 17.6. The van der Waals surface area contributed by atoms with Crippen LogP contribution < -0.4 is 5.32 Å². The molecule has 0 aromatic rings. The lowest BCUT2D eigenvalue weighted by Gasteiger charge is -2.46. The van der Waals surface area contributed by atoms with Gasteiger partial charge < -0.3 is 65.1 Å². The molecular formula is C47H89NO13. The molecule has 2 saturated heterocycles. The molecule has 0 bridgehead atoms. The molecule has 1 amide bonds. The third-order valence-electron chi connectivity index (χ3n) is 12.2. The van der Waals surface area contributed by atoms with Gasteiger partial charge in [0.1, 0.15) is 48.8 Å². The van der Waals surface area contributed by atoms with Crippen LogP contribution in [0.1, 0.15) is 187 Å². The standard InChI is InChI=1S/C47H89NO13/c1-3-5-7-9-11-13-14-15-16-17-18-19-20-21-22-23-24-26-28-30-36(51)35(48-39(52)31-29-27-25-12-10-8-6-4-2)34-58-46-44(57)42(55)45(38(33-50)60-46)61-47-43(56)41(54)40(53)37(32-49)59-47/h28,30,35-38,40-47,49-51,53-57H,3-27,29,31-34H2,1-2H3,(H,48,52)/b30-28+. The van der Waals surface area contributed by atoms with Crippen LogP contribution in [0.3, 0.4) is 0 Å². The maximum Gasteiger partial charge on any atom is 0.220 e. The fraction of sp³-hybridized carbons (Fsp3) is 0.936. The molecule has 2 rings (SSSR count). The maximum absolute atomic E-state index is 13.0. The molecular weight excluding hydrogens is 787 g/mol. The zero-order valence-corrected chi connectivity index (χ0v) is 37.9. The molecule has 2 heterocycles. The molecule has 12 unspecified atom stereocenters. The molecule has 12 atom stereocenters. The van der Waals surface area contributed by atoms with Crippen LogP contribution in [0.15, 0.2) is 12.2 Å². The van der Waals surface area contributed by atoms with Crippen molar-refractivity contribution < 1.29 is 64.6 Å². The van der Waals surface area contributed by atoms with E-state index in [9.17, 15) is 45.6 Å². The van der Waals surface area contributed by atoms with E-state index in [2.05, 4.69) is 19.2 Å². The minimum Gasteiger partial charge on any atom is -0.394 e. The predicted molar refractivity (Wildman–Crippen MR) is 235 cm³/mol. The number of nitrogens with one attached hydrogen (secondary N) is 1. The lowest BCUT2D eigenvalue weighted by Crippen LogP contribution is -2.65. The van der Waals surface area contributed by atoms with Gasteiger partial charge in [-0.15, -0.1) is 0 Å². The van der Waals surface area contributed by atoms with Crippen LogP contribution >= 0.6 is 0 Å². The molecule has 14 nitrogen and oxygen atoms in total. The Morgan fingerprint density at radius 3 is 1.51 bits per heavy atom. The van der Waals surface area contributed by atoms with Gasteiger partial charge in [-0.1, -0.05) is 174 Å². The molecule has 0 radical (unpaired) electrons. The number of amides is 1. The van der Waals surface area contributed by atoms with Crippen LogP contribution in [-0.2, 0) is 23.7 Å². The first-order chi connectivity index (χ1) is 29.6. The van der Waals surface area contributed by atoms with Crippen LogP contribution in [0.4, 0.5) is 0 Å². The van der Waals surface area contributed by atoms with Crippen molar-refractivity contribution in [2.75, 3.05) is 19.8 Å². The molecule has 0 aliphatic carbocycles. The number of aliphatic hydroxyl groups is 8. The van der Waals surface area contributed by atoms with Gasteiger partial charge in [-0.05, 0) is 19.3 Å². The molecule has 0 spiro atoms. The van der Waals surface area contributed by atoms with E-state index < -0.39 is 86.8 Å². The summed E-state index contributed by atoms with van der Waals surface area (Å²) in [5.41, 5.74) is 0. The van der Waals surface area contributed by atoms with Crippen molar-refractivity contribution in [1.82, 2.24) is 5.32 Å². The monoisotopic (exact) mass is 876 g/mol. The third kappa shape index (κ3) is 23.0. The number of hydrogen-bond donors (Lipinski definition) is 9. The molecule has 2 fully saturated rings. The largest absolute Gasteiger partial charge is 0.394 e. The second-order valence-corrected chi connectivity index (χ2v) is 17.6. The fourth-order valence-corrected chi connectivity index (χ4v) is 8.17. The Morgan fingerprint density at radius 2 is 1.02 bits per heavy atom. The summed E-state index contributed by atoms with van der Waals surface area (Å²) in [5, 5.41) is 86.4. The van der Waals surface area contributed by atoms with Gasteiger partial charge in [-0.25, -0.2) is 0 Å². The minimum absolute atomic E-state index is 0.244. The first-order valence-electron chi connectivity index (χ1n) is 24.4.